The van der Waals surface area contributed by atoms with Crippen molar-refractivity contribution in [3.05, 3.63) is 0 Å². The van der Waals surface area contributed by atoms with Crippen molar-refractivity contribution in [3.63, 3.8) is 0 Å². The lowest BCUT2D eigenvalue weighted by Crippen LogP contribution is -2.30. The second-order valence-corrected chi connectivity index (χ2v) is 3.38. The molecule has 2 N–H and O–H groups in total. The summed E-state index contributed by atoms with van der Waals surface area (Å²) in [5.41, 5.74) is 0. The Morgan fingerprint density at radius 3 is 2.00 bits per heavy atom. The molecule has 2 aliphatic rings. The Bertz CT molecular complexity index is 228. The molecule has 1 aliphatic carbocycles. The van der Waals surface area contributed by atoms with E-state index < -0.39 is 12.1 Å². The van der Waals surface area contributed by atoms with Gasteiger partial charge in [-0.1, -0.05) is 0 Å². The van der Waals surface area contributed by atoms with E-state index in [2.05, 4.69) is 0 Å². The Morgan fingerprint density at radius 2 is 1.67 bits per heavy atom. The normalized spacial score (nSPS) is 37.7. The standard InChI is InChI=1S/C7H9NO4/c9-6(10)5-3-1-8(7(11)12)2-4(3)5/h3-5H,1-2H2,(H,9,10)(H,11,12)/t3-,4+,5+. The predicted octanol–water partition coefficient (Wildman–Crippen LogP) is -0.0732. The van der Waals surface area contributed by atoms with E-state index in [1.165, 1.54) is 4.90 Å². The summed E-state index contributed by atoms with van der Waals surface area (Å²) < 4.78 is 0. The number of likely N-dealkylation sites (tertiary alicyclic amines) is 1. The molecule has 5 heteroatoms. The fourth-order valence-corrected chi connectivity index (χ4v) is 2.05. The first-order chi connectivity index (χ1) is 5.61. The monoisotopic (exact) mass is 171 g/mol. The van der Waals surface area contributed by atoms with Crippen LogP contribution in [0.15, 0.2) is 0 Å². The van der Waals surface area contributed by atoms with Gasteiger partial charge in [-0.25, -0.2) is 4.79 Å². The number of carboxylic acids is 1. The Morgan fingerprint density at radius 1 is 1.17 bits per heavy atom. The number of piperidine rings is 1. The molecule has 1 amide bonds. The number of rotatable bonds is 1. The smallest absolute Gasteiger partial charge is 0.407 e. The number of hydrogen-bond acceptors (Lipinski definition) is 2. The highest BCUT2D eigenvalue weighted by Crippen LogP contribution is 2.51. The van der Waals surface area contributed by atoms with Crippen LogP contribution in [0.2, 0.25) is 0 Å². The molecular weight excluding hydrogens is 162 g/mol. The van der Waals surface area contributed by atoms with Crippen LogP contribution < -0.4 is 0 Å². The third-order valence-electron chi connectivity index (χ3n) is 2.75. The summed E-state index contributed by atoms with van der Waals surface area (Å²) in [6.07, 6.45) is -0.939. The van der Waals surface area contributed by atoms with Crippen molar-refractivity contribution >= 4 is 12.1 Å². The van der Waals surface area contributed by atoms with Crippen LogP contribution in [-0.4, -0.2) is 40.3 Å². The zero-order valence-electron chi connectivity index (χ0n) is 6.30. The molecule has 0 spiro atoms. The lowest BCUT2D eigenvalue weighted by Gasteiger charge is -2.13. The van der Waals surface area contributed by atoms with Crippen LogP contribution in [0.1, 0.15) is 0 Å². The third kappa shape index (κ3) is 0.855. The maximum absolute atomic E-state index is 10.5. The highest BCUT2D eigenvalue weighted by atomic mass is 16.4. The second kappa shape index (κ2) is 2.12. The Labute approximate surface area is 68.6 Å². The van der Waals surface area contributed by atoms with Gasteiger partial charge in [0.25, 0.3) is 0 Å². The van der Waals surface area contributed by atoms with E-state index in [0.717, 1.165) is 0 Å². The zero-order valence-corrected chi connectivity index (χ0v) is 6.30. The van der Waals surface area contributed by atoms with Crippen molar-refractivity contribution in [1.29, 1.82) is 0 Å². The molecular formula is C7H9NO4. The number of carbonyl (C=O) groups is 2. The lowest BCUT2D eigenvalue weighted by molar-refractivity contribution is -0.139. The zero-order chi connectivity index (χ0) is 8.88. The van der Waals surface area contributed by atoms with E-state index in [4.69, 9.17) is 10.2 Å². The highest BCUT2D eigenvalue weighted by Gasteiger charge is 2.60. The van der Waals surface area contributed by atoms with Crippen LogP contribution in [0.3, 0.4) is 0 Å². The quantitative estimate of drug-likeness (QED) is 0.578. The van der Waals surface area contributed by atoms with E-state index in [1.807, 2.05) is 0 Å². The largest absolute Gasteiger partial charge is 0.481 e. The molecule has 0 aromatic rings. The van der Waals surface area contributed by atoms with Crippen LogP contribution in [0, 0.1) is 17.8 Å². The molecule has 3 atom stereocenters. The van der Waals surface area contributed by atoms with Crippen molar-refractivity contribution in [3.8, 4) is 0 Å². The molecule has 0 aromatic heterocycles. The number of hydrogen-bond donors (Lipinski definition) is 2. The summed E-state index contributed by atoms with van der Waals surface area (Å²) in [4.78, 5) is 22.2. The van der Waals surface area contributed by atoms with Gasteiger partial charge >= 0.3 is 12.1 Å². The molecule has 1 aliphatic heterocycles. The summed E-state index contributed by atoms with van der Waals surface area (Å²) in [6.45, 7) is 0.800. The number of carboxylic acid groups (broad SMARTS) is 2. The summed E-state index contributed by atoms with van der Waals surface area (Å²) in [5.74, 6) is -0.896. The van der Waals surface area contributed by atoms with Crippen LogP contribution in [0.4, 0.5) is 4.79 Å². The fraction of sp³-hybridized carbons (Fsp3) is 0.714. The summed E-state index contributed by atoms with van der Waals surface area (Å²) in [6, 6.07) is 0. The van der Waals surface area contributed by atoms with Crippen LogP contribution >= 0.6 is 0 Å². The second-order valence-electron chi connectivity index (χ2n) is 3.38. The molecule has 2 rings (SSSR count). The van der Waals surface area contributed by atoms with Crippen LogP contribution in [-0.2, 0) is 4.79 Å². The molecule has 5 nitrogen and oxygen atoms in total. The SMILES string of the molecule is O=C(O)[C@H]1[C@@H]2CN(C(=O)O)C[C@@H]21. The topological polar surface area (TPSA) is 77.8 Å². The van der Waals surface area contributed by atoms with Crippen LogP contribution in [0.25, 0.3) is 0 Å². The summed E-state index contributed by atoms with van der Waals surface area (Å²) >= 11 is 0. The first-order valence-electron chi connectivity index (χ1n) is 3.82. The highest BCUT2D eigenvalue weighted by molar-refractivity contribution is 5.76. The van der Waals surface area contributed by atoms with Gasteiger partial charge < -0.3 is 15.1 Å². The van der Waals surface area contributed by atoms with Crippen molar-refractivity contribution in [1.82, 2.24) is 4.90 Å². The predicted molar refractivity (Wildman–Crippen MR) is 37.7 cm³/mol. The van der Waals surface area contributed by atoms with Gasteiger partial charge in [0, 0.05) is 13.1 Å². The van der Waals surface area contributed by atoms with Gasteiger partial charge in [-0.2, -0.15) is 0 Å². The van der Waals surface area contributed by atoms with Crippen molar-refractivity contribution in [2.24, 2.45) is 17.8 Å². The van der Waals surface area contributed by atoms with Gasteiger partial charge in [-0.15, -0.1) is 0 Å². The maximum Gasteiger partial charge on any atom is 0.407 e. The molecule has 1 saturated heterocycles. The minimum Gasteiger partial charge on any atom is -0.481 e. The first kappa shape index (κ1) is 7.39. The minimum atomic E-state index is -0.939. The van der Waals surface area contributed by atoms with Crippen molar-refractivity contribution in [2.75, 3.05) is 13.1 Å². The molecule has 12 heavy (non-hydrogen) atoms. The molecule has 2 fully saturated rings. The average molecular weight is 171 g/mol. The molecule has 1 saturated carbocycles. The van der Waals surface area contributed by atoms with Gasteiger partial charge in [-0.3, -0.25) is 4.79 Å². The van der Waals surface area contributed by atoms with Crippen LogP contribution in [0.5, 0.6) is 0 Å². The van der Waals surface area contributed by atoms with E-state index >= 15 is 0 Å². The maximum atomic E-state index is 10.5. The van der Waals surface area contributed by atoms with Gasteiger partial charge in [0.05, 0.1) is 5.92 Å². The Hall–Kier alpha value is -1.26. The molecule has 66 valence electrons. The molecule has 0 aromatic carbocycles. The van der Waals surface area contributed by atoms with Crippen molar-refractivity contribution in [2.45, 2.75) is 0 Å². The molecule has 0 bridgehead atoms. The van der Waals surface area contributed by atoms with E-state index in [9.17, 15) is 9.59 Å². The van der Waals surface area contributed by atoms with Gasteiger partial charge in [0.2, 0.25) is 0 Å². The first-order valence-corrected chi connectivity index (χ1v) is 3.82. The summed E-state index contributed by atoms with van der Waals surface area (Å²) in [7, 11) is 0. The van der Waals surface area contributed by atoms with Gasteiger partial charge in [0.15, 0.2) is 0 Å². The van der Waals surface area contributed by atoms with E-state index in [1.54, 1.807) is 0 Å². The third-order valence-corrected chi connectivity index (χ3v) is 2.75. The minimum absolute atomic E-state index is 0.0820. The molecule has 0 radical (unpaired) electrons. The summed E-state index contributed by atoms with van der Waals surface area (Å²) in [5, 5.41) is 17.2. The molecule has 1 heterocycles. The lowest BCUT2D eigenvalue weighted by atomic mass is 10.3. The number of nitrogens with zero attached hydrogens (tertiary/aromatic N) is 1. The average Bonchev–Trinajstić information content (AvgIpc) is 2.48. The fourth-order valence-electron chi connectivity index (χ4n) is 2.05. The number of fused-ring (bicyclic) bond motifs is 1. The number of aliphatic carboxylic acids is 1. The molecule has 0 unspecified atom stereocenters. The van der Waals surface area contributed by atoms with Gasteiger partial charge in [-0.05, 0) is 11.8 Å². The Balaban J connectivity index is 1.94. The number of amides is 1. The Kier molecular flexibility index (Phi) is 1.31. The van der Waals surface area contributed by atoms with Gasteiger partial charge in [0.1, 0.15) is 0 Å². The van der Waals surface area contributed by atoms with Crippen molar-refractivity contribution < 1.29 is 19.8 Å². The van der Waals surface area contributed by atoms with E-state index in [0.29, 0.717) is 13.1 Å². The van der Waals surface area contributed by atoms with E-state index in [-0.39, 0.29) is 17.8 Å².